The smallest absolute Gasteiger partial charge is 0.359 e. The van der Waals surface area contributed by atoms with E-state index in [1.807, 2.05) is 19.9 Å². The molecular weight excluding hydrogens is 384 g/mol. The molecule has 0 aliphatic heterocycles. The van der Waals surface area contributed by atoms with Gasteiger partial charge in [0, 0.05) is 18.8 Å². The monoisotopic (exact) mass is 402 g/mol. The van der Waals surface area contributed by atoms with Crippen molar-refractivity contribution in [2.75, 3.05) is 11.9 Å². The summed E-state index contributed by atoms with van der Waals surface area (Å²) >= 11 is 6.09. The molecule has 0 aliphatic carbocycles. The van der Waals surface area contributed by atoms with Crippen molar-refractivity contribution < 1.29 is 14.3 Å². The second-order valence-electron chi connectivity index (χ2n) is 6.26. The number of nitrogens with one attached hydrogen (secondary N) is 1. The van der Waals surface area contributed by atoms with Gasteiger partial charge in [-0.1, -0.05) is 11.6 Å². The number of pyridine rings is 1. The molecule has 3 heterocycles. The maximum absolute atomic E-state index is 12.4. The lowest BCUT2D eigenvalue weighted by Gasteiger charge is -2.09. The summed E-state index contributed by atoms with van der Waals surface area (Å²) in [5, 5.41) is 11.2. The van der Waals surface area contributed by atoms with Gasteiger partial charge >= 0.3 is 5.97 Å². The van der Waals surface area contributed by atoms with Crippen LogP contribution < -0.4 is 5.32 Å². The van der Waals surface area contributed by atoms with Crippen LogP contribution in [0.15, 0.2) is 24.3 Å². The number of carbonyl (C=O) groups is 2. The number of ether oxygens (including phenoxy) is 1. The standard InChI is InChI=1S/C18H19ClN6O3/c1-10-7-12(3)25(23-10)14-6-5-13(19)17(21-14)18(27)28-9-16(26)20-15-8-11(2)22-24(15)4/h5-8H,9H2,1-4H3,(H,20,26). The summed E-state index contributed by atoms with van der Waals surface area (Å²) in [6, 6.07) is 6.78. The lowest BCUT2D eigenvalue weighted by Crippen LogP contribution is -2.23. The summed E-state index contributed by atoms with van der Waals surface area (Å²) in [5.41, 5.74) is 2.35. The zero-order chi connectivity index (χ0) is 20.4. The van der Waals surface area contributed by atoms with Crippen LogP contribution in [0.4, 0.5) is 5.82 Å². The van der Waals surface area contributed by atoms with Gasteiger partial charge in [-0.25, -0.2) is 14.5 Å². The minimum Gasteiger partial charge on any atom is -0.451 e. The molecule has 1 amide bonds. The first-order valence-corrected chi connectivity index (χ1v) is 8.80. The first-order valence-electron chi connectivity index (χ1n) is 8.42. The highest BCUT2D eigenvalue weighted by Gasteiger charge is 2.18. The number of anilines is 1. The van der Waals surface area contributed by atoms with E-state index in [9.17, 15) is 9.59 Å². The normalized spacial score (nSPS) is 10.8. The molecule has 0 aliphatic rings. The van der Waals surface area contributed by atoms with Crippen molar-refractivity contribution in [1.82, 2.24) is 24.5 Å². The van der Waals surface area contributed by atoms with Gasteiger partial charge in [0.2, 0.25) is 0 Å². The van der Waals surface area contributed by atoms with Crippen LogP contribution in [0, 0.1) is 20.8 Å². The highest BCUT2D eigenvalue weighted by atomic mass is 35.5. The molecule has 0 unspecified atom stereocenters. The Morgan fingerprint density at radius 2 is 1.86 bits per heavy atom. The van der Waals surface area contributed by atoms with Crippen LogP contribution in [0.1, 0.15) is 27.6 Å². The molecule has 0 aromatic carbocycles. The van der Waals surface area contributed by atoms with Crippen LogP contribution in [0.2, 0.25) is 5.02 Å². The third-order valence-corrected chi connectivity index (χ3v) is 4.16. The molecule has 0 saturated heterocycles. The Balaban J connectivity index is 1.70. The van der Waals surface area contributed by atoms with Gasteiger partial charge in [-0.15, -0.1) is 0 Å². The first-order chi connectivity index (χ1) is 13.2. The van der Waals surface area contributed by atoms with Crippen LogP contribution in [-0.4, -0.2) is 43.0 Å². The lowest BCUT2D eigenvalue weighted by atomic mass is 10.3. The summed E-state index contributed by atoms with van der Waals surface area (Å²) < 4.78 is 8.17. The fourth-order valence-electron chi connectivity index (χ4n) is 2.66. The van der Waals surface area contributed by atoms with E-state index >= 15 is 0 Å². The number of rotatable bonds is 5. The van der Waals surface area contributed by atoms with E-state index in [-0.39, 0.29) is 10.7 Å². The average Bonchev–Trinajstić information content (AvgIpc) is 3.13. The minimum absolute atomic E-state index is 0.0871. The average molecular weight is 403 g/mol. The van der Waals surface area contributed by atoms with Crippen molar-refractivity contribution >= 4 is 29.3 Å². The van der Waals surface area contributed by atoms with E-state index in [4.69, 9.17) is 16.3 Å². The molecule has 0 spiro atoms. The Kier molecular flexibility index (Phi) is 5.46. The maximum Gasteiger partial charge on any atom is 0.359 e. The quantitative estimate of drug-likeness (QED) is 0.657. The summed E-state index contributed by atoms with van der Waals surface area (Å²) in [6.07, 6.45) is 0. The van der Waals surface area contributed by atoms with Crippen LogP contribution in [0.25, 0.3) is 5.82 Å². The van der Waals surface area contributed by atoms with Crippen molar-refractivity contribution in [1.29, 1.82) is 0 Å². The third-order valence-electron chi connectivity index (χ3n) is 3.86. The van der Waals surface area contributed by atoms with Gasteiger partial charge in [0.05, 0.1) is 16.4 Å². The lowest BCUT2D eigenvalue weighted by molar-refractivity contribution is -0.119. The van der Waals surface area contributed by atoms with Crippen LogP contribution in [0.3, 0.4) is 0 Å². The molecule has 0 bridgehead atoms. The Hall–Kier alpha value is -3.20. The Morgan fingerprint density at radius 1 is 1.14 bits per heavy atom. The van der Waals surface area contributed by atoms with E-state index in [2.05, 4.69) is 20.5 Å². The predicted molar refractivity (Wildman–Crippen MR) is 103 cm³/mol. The van der Waals surface area contributed by atoms with Gasteiger partial charge in [0.15, 0.2) is 18.1 Å². The van der Waals surface area contributed by atoms with Crippen molar-refractivity contribution in [2.45, 2.75) is 20.8 Å². The maximum atomic E-state index is 12.4. The number of esters is 1. The van der Waals surface area contributed by atoms with Gasteiger partial charge in [0.1, 0.15) is 5.82 Å². The molecule has 10 heteroatoms. The first kappa shape index (κ1) is 19.6. The number of aromatic nitrogens is 5. The molecule has 3 aromatic heterocycles. The number of nitrogens with zero attached hydrogens (tertiary/aromatic N) is 5. The van der Waals surface area contributed by atoms with Gasteiger partial charge in [0.25, 0.3) is 5.91 Å². The van der Waals surface area contributed by atoms with Crippen LogP contribution in [-0.2, 0) is 16.6 Å². The largest absolute Gasteiger partial charge is 0.451 e. The zero-order valence-electron chi connectivity index (χ0n) is 15.9. The van der Waals surface area contributed by atoms with Crippen molar-refractivity contribution in [3.8, 4) is 5.82 Å². The number of halogens is 1. The summed E-state index contributed by atoms with van der Waals surface area (Å²) in [5.74, 6) is -0.370. The van der Waals surface area contributed by atoms with E-state index in [1.54, 1.807) is 30.8 Å². The Morgan fingerprint density at radius 3 is 2.46 bits per heavy atom. The highest BCUT2D eigenvalue weighted by Crippen LogP contribution is 2.18. The molecule has 28 heavy (non-hydrogen) atoms. The zero-order valence-corrected chi connectivity index (χ0v) is 16.6. The number of carbonyl (C=O) groups excluding carboxylic acids is 2. The Labute approximate surface area is 166 Å². The highest BCUT2D eigenvalue weighted by molar-refractivity contribution is 6.33. The molecule has 3 aromatic rings. The second-order valence-corrected chi connectivity index (χ2v) is 6.66. The molecule has 0 saturated carbocycles. The summed E-state index contributed by atoms with van der Waals surface area (Å²) in [7, 11) is 1.70. The molecule has 0 atom stereocenters. The summed E-state index contributed by atoms with van der Waals surface area (Å²) in [6.45, 7) is 5.06. The van der Waals surface area contributed by atoms with Gasteiger partial charge in [-0.05, 0) is 39.0 Å². The van der Waals surface area contributed by atoms with E-state index in [1.165, 1.54) is 10.7 Å². The molecule has 9 nitrogen and oxygen atoms in total. The summed E-state index contributed by atoms with van der Waals surface area (Å²) in [4.78, 5) is 28.6. The van der Waals surface area contributed by atoms with E-state index in [0.717, 1.165) is 17.1 Å². The molecule has 0 radical (unpaired) electrons. The van der Waals surface area contributed by atoms with Gasteiger partial charge in [-0.3, -0.25) is 9.48 Å². The van der Waals surface area contributed by atoms with Crippen LogP contribution >= 0.6 is 11.6 Å². The van der Waals surface area contributed by atoms with Gasteiger partial charge < -0.3 is 10.1 Å². The van der Waals surface area contributed by atoms with E-state index in [0.29, 0.717) is 11.6 Å². The van der Waals surface area contributed by atoms with Crippen molar-refractivity contribution in [2.24, 2.45) is 7.05 Å². The minimum atomic E-state index is -0.801. The fraction of sp³-hybridized carbons (Fsp3) is 0.278. The Bertz CT molecular complexity index is 1060. The SMILES string of the molecule is Cc1cc(NC(=O)COC(=O)c2nc(-n3nc(C)cc3C)ccc2Cl)n(C)n1. The fourth-order valence-corrected chi connectivity index (χ4v) is 2.84. The molecule has 146 valence electrons. The number of aryl methyl sites for hydroxylation is 4. The van der Waals surface area contributed by atoms with Crippen LogP contribution in [0.5, 0.6) is 0 Å². The molecule has 0 fully saturated rings. The van der Waals surface area contributed by atoms with Crippen molar-refractivity contribution in [3.63, 3.8) is 0 Å². The van der Waals surface area contributed by atoms with Gasteiger partial charge in [-0.2, -0.15) is 10.2 Å². The predicted octanol–water partition coefficient (Wildman–Crippen LogP) is 2.37. The number of hydrogen-bond donors (Lipinski definition) is 1. The molecular formula is C18H19ClN6O3. The molecule has 1 N–H and O–H groups in total. The van der Waals surface area contributed by atoms with E-state index < -0.39 is 18.5 Å². The number of amides is 1. The second kappa shape index (κ2) is 7.81. The third kappa shape index (κ3) is 4.20. The number of hydrogen-bond acceptors (Lipinski definition) is 6. The molecule has 3 rings (SSSR count). The topological polar surface area (TPSA) is 104 Å². The van der Waals surface area contributed by atoms with Crippen molar-refractivity contribution in [3.05, 3.63) is 52.1 Å².